The van der Waals surface area contributed by atoms with Gasteiger partial charge in [-0.15, -0.1) is 0 Å². The van der Waals surface area contributed by atoms with E-state index in [9.17, 15) is 26.7 Å². The van der Waals surface area contributed by atoms with E-state index in [1.807, 2.05) is 0 Å². The van der Waals surface area contributed by atoms with Crippen LogP contribution in [0.2, 0.25) is 0 Å². The van der Waals surface area contributed by atoms with Crippen molar-refractivity contribution in [2.24, 2.45) is 0 Å². The van der Waals surface area contributed by atoms with Crippen LogP contribution in [0, 0.1) is 13.8 Å². The van der Waals surface area contributed by atoms with E-state index in [0.29, 0.717) is 5.56 Å². The molecular weight excluding hydrogens is 257 g/mol. The Kier molecular flexibility index (Phi) is 3.64. The molecule has 1 N–H and O–H groups in total. The topological polar surface area (TPSA) is 29.1 Å². The molecule has 0 aliphatic heterocycles. The molecule has 1 amide bonds. The van der Waals surface area contributed by atoms with Crippen LogP contribution >= 0.6 is 0 Å². The molecule has 0 aliphatic rings. The van der Waals surface area contributed by atoms with Crippen LogP contribution in [0.15, 0.2) is 18.2 Å². The molecule has 0 unspecified atom stereocenters. The van der Waals surface area contributed by atoms with Crippen LogP contribution < -0.4 is 5.32 Å². The van der Waals surface area contributed by atoms with Gasteiger partial charge in [0.2, 0.25) is 0 Å². The normalized spacial score (nSPS) is 12.4. The molecule has 0 atom stereocenters. The second kappa shape index (κ2) is 4.55. The lowest BCUT2D eigenvalue weighted by Crippen LogP contribution is -2.47. The molecule has 0 aliphatic carbocycles. The molecule has 7 heteroatoms. The summed E-state index contributed by atoms with van der Waals surface area (Å²) in [5, 5.41) is 1.58. The lowest BCUT2D eigenvalue weighted by Gasteiger charge is -2.19. The van der Waals surface area contributed by atoms with Gasteiger partial charge in [0.15, 0.2) is 0 Å². The number of anilines is 1. The first-order chi connectivity index (χ1) is 8.05. The van der Waals surface area contributed by atoms with Gasteiger partial charge in [0, 0.05) is 5.69 Å². The highest BCUT2D eigenvalue weighted by Gasteiger charge is 2.63. The van der Waals surface area contributed by atoms with Crippen LogP contribution in [0.25, 0.3) is 0 Å². The molecule has 1 aromatic carbocycles. The predicted octanol–water partition coefficient (Wildman–Crippen LogP) is 3.44. The van der Waals surface area contributed by atoms with E-state index < -0.39 is 18.0 Å². The molecule has 1 rings (SSSR count). The van der Waals surface area contributed by atoms with Gasteiger partial charge in [-0.05, 0) is 25.5 Å². The van der Waals surface area contributed by atoms with Crippen molar-refractivity contribution < 1.29 is 26.7 Å². The smallest absolute Gasteiger partial charge is 0.320 e. The molecule has 0 bridgehead atoms. The lowest BCUT2D eigenvalue weighted by molar-refractivity contribution is -0.267. The molecule has 0 spiro atoms. The van der Waals surface area contributed by atoms with Crippen molar-refractivity contribution in [2.45, 2.75) is 25.9 Å². The summed E-state index contributed by atoms with van der Waals surface area (Å²) in [6, 6.07) is 4.32. The first kappa shape index (κ1) is 14.4. The van der Waals surface area contributed by atoms with E-state index in [2.05, 4.69) is 0 Å². The van der Waals surface area contributed by atoms with Crippen molar-refractivity contribution in [3.05, 3.63) is 29.3 Å². The zero-order chi connectivity index (χ0) is 14.1. The Balaban J connectivity index is 2.95. The predicted molar refractivity (Wildman–Crippen MR) is 55.5 cm³/mol. The van der Waals surface area contributed by atoms with Crippen molar-refractivity contribution in [3.8, 4) is 0 Å². The highest BCUT2D eigenvalue weighted by Crippen LogP contribution is 2.36. The van der Waals surface area contributed by atoms with Crippen molar-refractivity contribution in [2.75, 3.05) is 5.32 Å². The number of amides is 1. The fourth-order valence-electron chi connectivity index (χ4n) is 1.28. The number of benzene rings is 1. The number of rotatable bonds is 2. The van der Waals surface area contributed by atoms with Crippen LogP contribution in [0.4, 0.5) is 27.6 Å². The van der Waals surface area contributed by atoms with Crippen molar-refractivity contribution in [1.29, 1.82) is 0 Å². The maximum atomic E-state index is 12.7. The van der Waals surface area contributed by atoms with Crippen LogP contribution in [-0.2, 0) is 4.79 Å². The highest BCUT2D eigenvalue weighted by molar-refractivity contribution is 5.97. The van der Waals surface area contributed by atoms with E-state index >= 15 is 0 Å². The Hall–Kier alpha value is -1.66. The first-order valence-corrected chi connectivity index (χ1v) is 4.89. The maximum Gasteiger partial charge on any atom is 0.463 e. The second-order valence-corrected chi connectivity index (χ2v) is 3.84. The molecule has 2 nitrogen and oxygen atoms in total. The minimum absolute atomic E-state index is 0.0745. The molecule has 0 fully saturated rings. The molecule has 0 radical (unpaired) electrons. The van der Waals surface area contributed by atoms with Crippen LogP contribution in [0.1, 0.15) is 11.1 Å². The summed E-state index contributed by atoms with van der Waals surface area (Å²) in [5.74, 6) is -7.80. The van der Waals surface area contributed by atoms with Crippen LogP contribution in [0.5, 0.6) is 0 Å². The summed E-state index contributed by atoms with van der Waals surface area (Å²) in [6.45, 7) is 3.22. The highest BCUT2D eigenvalue weighted by atomic mass is 19.4. The quantitative estimate of drug-likeness (QED) is 0.817. The van der Waals surface area contributed by atoms with Gasteiger partial charge in [-0.2, -0.15) is 22.0 Å². The third kappa shape index (κ3) is 2.77. The van der Waals surface area contributed by atoms with E-state index in [0.717, 1.165) is 5.56 Å². The number of aryl methyl sites for hydroxylation is 2. The van der Waals surface area contributed by atoms with E-state index in [1.165, 1.54) is 19.1 Å². The molecule has 0 heterocycles. The van der Waals surface area contributed by atoms with Gasteiger partial charge in [-0.3, -0.25) is 4.79 Å². The molecule has 1 aromatic rings. The number of hydrogen-bond acceptors (Lipinski definition) is 1. The Morgan fingerprint density at radius 3 is 2.11 bits per heavy atom. The molecular formula is C11H10F5NO. The van der Waals surface area contributed by atoms with Crippen LogP contribution in [0.3, 0.4) is 0 Å². The van der Waals surface area contributed by atoms with Crippen molar-refractivity contribution in [1.82, 2.24) is 0 Å². The lowest BCUT2D eigenvalue weighted by atomic mass is 10.1. The number of alkyl halides is 5. The standard InChI is InChI=1S/C11H10F5NO/c1-6-3-4-8(7(2)5-6)17-9(18)10(12,13)11(14,15)16/h3-5H,1-2H3,(H,17,18). The van der Waals surface area contributed by atoms with Gasteiger partial charge in [0.1, 0.15) is 0 Å². The van der Waals surface area contributed by atoms with E-state index in [-0.39, 0.29) is 5.69 Å². The molecule has 0 saturated carbocycles. The number of nitrogens with one attached hydrogen (secondary N) is 1. The van der Waals surface area contributed by atoms with Crippen molar-refractivity contribution >= 4 is 11.6 Å². The van der Waals surface area contributed by atoms with Gasteiger partial charge >= 0.3 is 18.0 Å². The Bertz CT molecular complexity index is 467. The van der Waals surface area contributed by atoms with E-state index in [1.54, 1.807) is 18.3 Å². The molecule has 100 valence electrons. The Labute approximate surface area is 99.8 Å². The van der Waals surface area contributed by atoms with Gasteiger partial charge in [0.05, 0.1) is 0 Å². The van der Waals surface area contributed by atoms with Crippen molar-refractivity contribution in [3.63, 3.8) is 0 Å². The Morgan fingerprint density at radius 2 is 1.67 bits per heavy atom. The fourth-order valence-corrected chi connectivity index (χ4v) is 1.28. The molecule has 0 saturated heterocycles. The SMILES string of the molecule is Cc1ccc(NC(=O)C(F)(F)C(F)(F)F)c(C)c1. The average molecular weight is 267 g/mol. The van der Waals surface area contributed by atoms with Gasteiger partial charge in [0.25, 0.3) is 0 Å². The largest absolute Gasteiger partial charge is 0.463 e. The summed E-state index contributed by atoms with van der Waals surface area (Å²) in [7, 11) is 0. The number of carbonyl (C=O) groups is 1. The zero-order valence-corrected chi connectivity index (χ0v) is 9.53. The summed E-state index contributed by atoms with van der Waals surface area (Å²) in [6.07, 6.45) is -5.91. The summed E-state index contributed by atoms with van der Waals surface area (Å²) in [4.78, 5) is 10.9. The third-order valence-electron chi connectivity index (χ3n) is 2.27. The monoisotopic (exact) mass is 267 g/mol. The first-order valence-electron chi connectivity index (χ1n) is 4.89. The number of hydrogen-bond donors (Lipinski definition) is 1. The Morgan fingerprint density at radius 1 is 1.11 bits per heavy atom. The van der Waals surface area contributed by atoms with E-state index in [4.69, 9.17) is 0 Å². The van der Waals surface area contributed by atoms with Gasteiger partial charge in [-0.1, -0.05) is 17.7 Å². The van der Waals surface area contributed by atoms with Crippen LogP contribution in [-0.4, -0.2) is 18.0 Å². The maximum absolute atomic E-state index is 12.7. The summed E-state index contributed by atoms with van der Waals surface area (Å²) >= 11 is 0. The van der Waals surface area contributed by atoms with Gasteiger partial charge in [-0.25, -0.2) is 0 Å². The molecule has 0 aromatic heterocycles. The molecule has 18 heavy (non-hydrogen) atoms. The zero-order valence-electron chi connectivity index (χ0n) is 9.53. The number of carbonyl (C=O) groups excluding carboxylic acids is 1. The fraction of sp³-hybridized carbons (Fsp3) is 0.364. The number of halogens is 5. The third-order valence-corrected chi connectivity index (χ3v) is 2.27. The minimum atomic E-state index is -5.91. The summed E-state index contributed by atoms with van der Waals surface area (Å²) in [5.41, 5.74) is 1.13. The van der Waals surface area contributed by atoms with Gasteiger partial charge < -0.3 is 5.32 Å². The summed E-state index contributed by atoms with van der Waals surface area (Å²) < 4.78 is 61.2. The average Bonchev–Trinajstić information content (AvgIpc) is 2.20. The second-order valence-electron chi connectivity index (χ2n) is 3.84. The minimum Gasteiger partial charge on any atom is -0.320 e.